The van der Waals surface area contributed by atoms with Crippen LogP contribution in [0.3, 0.4) is 0 Å². The number of aliphatic hydroxyl groups is 1. The standard InChI is InChI=1S/C8H6ClIO3/c9-4-1-2-5(6(10)3-4)7(11)8(12)13/h1-3,7,11H,(H,12,13). The first kappa shape index (κ1) is 10.7. The van der Waals surface area contributed by atoms with Crippen molar-refractivity contribution in [3.63, 3.8) is 0 Å². The number of aliphatic carboxylic acids is 1. The van der Waals surface area contributed by atoms with Gasteiger partial charge in [0.05, 0.1) is 0 Å². The second-order valence-electron chi connectivity index (χ2n) is 2.41. The van der Waals surface area contributed by atoms with E-state index in [-0.39, 0.29) is 0 Å². The molecule has 0 amide bonds. The van der Waals surface area contributed by atoms with Crippen LogP contribution in [0.1, 0.15) is 11.7 Å². The molecule has 0 aliphatic carbocycles. The SMILES string of the molecule is O=C(O)C(O)c1ccc(Cl)cc1I. The molecule has 1 unspecified atom stereocenters. The average Bonchev–Trinajstić information content (AvgIpc) is 2.03. The van der Waals surface area contributed by atoms with E-state index >= 15 is 0 Å². The van der Waals surface area contributed by atoms with Crippen molar-refractivity contribution in [1.82, 2.24) is 0 Å². The molecule has 0 spiro atoms. The molecule has 0 fully saturated rings. The number of carboxylic acids is 1. The maximum Gasteiger partial charge on any atom is 0.337 e. The molecule has 3 nitrogen and oxygen atoms in total. The van der Waals surface area contributed by atoms with E-state index in [4.69, 9.17) is 16.7 Å². The highest BCUT2D eigenvalue weighted by molar-refractivity contribution is 14.1. The molecule has 1 aromatic carbocycles. The zero-order chi connectivity index (χ0) is 10.0. The molecule has 0 bridgehead atoms. The monoisotopic (exact) mass is 312 g/mol. The quantitative estimate of drug-likeness (QED) is 0.822. The molecule has 0 radical (unpaired) electrons. The van der Waals surface area contributed by atoms with Crippen LogP contribution in [0.5, 0.6) is 0 Å². The summed E-state index contributed by atoms with van der Waals surface area (Å²) in [4.78, 5) is 10.5. The minimum Gasteiger partial charge on any atom is -0.479 e. The van der Waals surface area contributed by atoms with Gasteiger partial charge in [-0.15, -0.1) is 0 Å². The Morgan fingerprint density at radius 1 is 1.54 bits per heavy atom. The summed E-state index contributed by atoms with van der Waals surface area (Å²) in [6.07, 6.45) is -1.48. The Morgan fingerprint density at radius 2 is 2.15 bits per heavy atom. The van der Waals surface area contributed by atoms with Gasteiger partial charge in [0.25, 0.3) is 0 Å². The Bertz CT molecular complexity index is 340. The lowest BCUT2D eigenvalue weighted by Crippen LogP contribution is -2.11. The van der Waals surface area contributed by atoms with Crippen molar-refractivity contribution in [2.24, 2.45) is 0 Å². The third-order valence-electron chi connectivity index (χ3n) is 1.49. The van der Waals surface area contributed by atoms with Gasteiger partial charge in [0, 0.05) is 14.2 Å². The van der Waals surface area contributed by atoms with E-state index in [0.717, 1.165) is 0 Å². The Morgan fingerprint density at radius 3 is 2.62 bits per heavy atom. The maximum atomic E-state index is 10.5. The van der Waals surface area contributed by atoms with Gasteiger partial charge in [0.1, 0.15) is 0 Å². The number of rotatable bonds is 2. The van der Waals surface area contributed by atoms with Crippen molar-refractivity contribution < 1.29 is 15.0 Å². The van der Waals surface area contributed by atoms with E-state index in [1.165, 1.54) is 6.07 Å². The first-order chi connectivity index (χ1) is 6.02. The van der Waals surface area contributed by atoms with Crippen molar-refractivity contribution in [2.75, 3.05) is 0 Å². The van der Waals surface area contributed by atoms with Gasteiger partial charge < -0.3 is 10.2 Å². The predicted octanol–water partition coefficient (Wildman–Crippen LogP) is 2.06. The highest BCUT2D eigenvalue weighted by Gasteiger charge is 2.18. The Hall–Kier alpha value is -0.330. The molecule has 0 saturated heterocycles. The second-order valence-corrected chi connectivity index (χ2v) is 4.01. The van der Waals surface area contributed by atoms with Crippen LogP contribution in [0.25, 0.3) is 0 Å². The van der Waals surface area contributed by atoms with E-state index in [1.54, 1.807) is 12.1 Å². The van der Waals surface area contributed by atoms with Crippen molar-refractivity contribution in [1.29, 1.82) is 0 Å². The van der Waals surface area contributed by atoms with E-state index in [2.05, 4.69) is 0 Å². The van der Waals surface area contributed by atoms with Crippen molar-refractivity contribution >= 4 is 40.2 Å². The summed E-state index contributed by atoms with van der Waals surface area (Å²) < 4.78 is 0.639. The molecule has 5 heteroatoms. The molecule has 0 aliphatic rings. The molecular weight excluding hydrogens is 306 g/mol. The van der Waals surface area contributed by atoms with Crippen LogP contribution < -0.4 is 0 Å². The predicted molar refractivity (Wildman–Crippen MR) is 56.8 cm³/mol. The first-order valence-corrected chi connectivity index (χ1v) is 4.84. The highest BCUT2D eigenvalue weighted by Crippen LogP contribution is 2.23. The third kappa shape index (κ3) is 2.55. The summed E-state index contributed by atoms with van der Waals surface area (Å²) in [5, 5.41) is 18.3. The molecule has 1 rings (SSSR count). The van der Waals surface area contributed by atoms with Crippen LogP contribution in [0.15, 0.2) is 18.2 Å². The van der Waals surface area contributed by atoms with Gasteiger partial charge >= 0.3 is 5.97 Å². The van der Waals surface area contributed by atoms with Crippen molar-refractivity contribution in [3.8, 4) is 0 Å². The smallest absolute Gasteiger partial charge is 0.337 e. The molecule has 13 heavy (non-hydrogen) atoms. The molecule has 0 aromatic heterocycles. The lowest BCUT2D eigenvalue weighted by Gasteiger charge is -2.07. The fourth-order valence-corrected chi connectivity index (χ4v) is 2.02. The molecule has 0 saturated carbocycles. The van der Waals surface area contributed by atoms with Crippen LogP contribution in [-0.4, -0.2) is 16.2 Å². The normalized spacial score (nSPS) is 12.5. The molecule has 0 heterocycles. The number of benzene rings is 1. The van der Waals surface area contributed by atoms with Gasteiger partial charge in [-0.1, -0.05) is 17.7 Å². The summed E-state index contributed by atoms with van der Waals surface area (Å²) in [6.45, 7) is 0. The summed E-state index contributed by atoms with van der Waals surface area (Å²) >= 11 is 7.59. The van der Waals surface area contributed by atoms with Gasteiger partial charge in [0.15, 0.2) is 6.10 Å². The van der Waals surface area contributed by atoms with Gasteiger partial charge in [0.2, 0.25) is 0 Å². The Labute approximate surface area is 93.5 Å². The topological polar surface area (TPSA) is 57.5 Å². The zero-order valence-corrected chi connectivity index (χ0v) is 9.28. The maximum absolute atomic E-state index is 10.5. The zero-order valence-electron chi connectivity index (χ0n) is 6.37. The number of carbonyl (C=O) groups is 1. The average molecular weight is 312 g/mol. The molecule has 0 aliphatic heterocycles. The van der Waals surface area contributed by atoms with Crippen molar-refractivity contribution in [2.45, 2.75) is 6.10 Å². The minimum absolute atomic E-state index is 0.359. The van der Waals surface area contributed by atoms with Gasteiger partial charge in [-0.25, -0.2) is 4.79 Å². The molecule has 1 atom stereocenters. The summed E-state index contributed by atoms with van der Waals surface area (Å²) in [7, 11) is 0. The molecule has 2 N–H and O–H groups in total. The van der Waals surface area contributed by atoms with Crippen molar-refractivity contribution in [3.05, 3.63) is 32.4 Å². The van der Waals surface area contributed by atoms with E-state index < -0.39 is 12.1 Å². The Balaban J connectivity index is 3.08. The molecule has 1 aromatic rings. The molecule has 70 valence electrons. The van der Waals surface area contributed by atoms with Crippen LogP contribution in [-0.2, 0) is 4.79 Å². The fraction of sp³-hybridized carbons (Fsp3) is 0.125. The number of hydrogen-bond acceptors (Lipinski definition) is 2. The summed E-state index contributed by atoms with van der Waals surface area (Å²) in [5.74, 6) is -1.26. The summed E-state index contributed by atoms with van der Waals surface area (Å²) in [6, 6.07) is 4.65. The van der Waals surface area contributed by atoms with Gasteiger partial charge in [-0.2, -0.15) is 0 Å². The summed E-state index contributed by atoms with van der Waals surface area (Å²) in [5.41, 5.74) is 0.359. The van der Waals surface area contributed by atoms with E-state index in [9.17, 15) is 9.90 Å². The van der Waals surface area contributed by atoms with Crippen LogP contribution >= 0.6 is 34.2 Å². The highest BCUT2D eigenvalue weighted by atomic mass is 127. The van der Waals surface area contributed by atoms with Crippen LogP contribution in [0.2, 0.25) is 5.02 Å². The number of aliphatic hydroxyl groups excluding tert-OH is 1. The van der Waals surface area contributed by atoms with E-state index in [1.807, 2.05) is 22.6 Å². The number of halogens is 2. The lowest BCUT2D eigenvalue weighted by atomic mass is 10.1. The van der Waals surface area contributed by atoms with Crippen LogP contribution in [0, 0.1) is 3.57 Å². The largest absolute Gasteiger partial charge is 0.479 e. The van der Waals surface area contributed by atoms with Crippen LogP contribution in [0.4, 0.5) is 0 Å². The van der Waals surface area contributed by atoms with E-state index in [0.29, 0.717) is 14.2 Å². The third-order valence-corrected chi connectivity index (χ3v) is 2.66. The lowest BCUT2D eigenvalue weighted by molar-refractivity contribution is -0.147. The fourth-order valence-electron chi connectivity index (χ4n) is 0.856. The number of carboxylic acid groups (broad SMARTS) is 1. The number of hydrogen-bond donors (Lipinski definition) is 2. The Kier molecular flexibility index (Phi) is 3.52. The molecular formula is C8H6ClIO3. The second kappa shape index (κ2) is 4.26. The van der Waals surface area contributed by atoms with Gasteiger partial charge in [-0.05, 0) is 34.7 Å². The van der Waals surface area contributed by atoms with Gasteiger partial charge in [-0.3, -0.25) is 0 Å². The minimum atomic E-state index is -1.48. The first-order valence-electron chi connectivity index (χ1n) is 3.38.